The fraction of sp³-hybridized carbons (Fsp3) is 0.438. The van der Waals surface area contributed by atoms with Gasteiger partial charge in [0.1, 0.15) is 12.3 Å². The van der Waals surface area contributed by atoms with Gasteiger partial charge in [-0.1, -0.05) is 6.58 Å². The Balaban J connectivity index is 1.89. The SMILES string of the molecule is C=CC(=O)N1CCN(c2ccc(CCC(=O)NCCN)o2)C(=O)C1. The van der Waals surface area contributed by atoms with E-state index in [1.54, 1.807) is 12.1 Å². The molecule has 2 heterocycles. The van der Waals surface area contributed by atoms with Crippen LogP contribution in [-0.2, 0) is 20.8 Å². The summed E-state index contributed by atoms with van der Waals surface area (Å²) >= 11 is 0. The number of amides is 3. The summed E-state index contributed by atoms with van der Waals surface area (Å²) in [6.45, 7) is 5.06. The highest BCUT2D eigenvalue weighted by Crippen LogP contribution is 2.21. The fourth-order valence-electron chi connectivity index (χ4n) is 2.41. The smallest absolute Gasteiger partial charge is 0.248 e. The number of piperazine rings is 1. The average Bonchev–Trinajstić information content (AvgIpc) is 3.05. The maximum absolute atomic E-state index is 12.2. The van der Waals surface area contributed by atoms with Crippen LogP contribution >= 0.6 is 0 Å². The monoisotopic (exact) mass is 334 g/mol. The van der Waals surface area contributed by atoms with Gasteiger partial charge >= 0.3 is 0 Å². The summed E-state index contributed by atoms with van der Waals surface area (Å²) in [5.74, 6) is 0.504. The van der Waals surface area contributed by atoms with Gasteiger partial charge in [0, 0.05) is 45.1 Å². The number of carbonyl (C=O) groups excluding carboxylic acids is 3. The zero-order chi connectivity index (χ0) is 17.5. The van der Waals surface area contributed by atoms with Crippen molar-refractivity contribution in [1.82, 2.24) is 10.2 Å². The van der Waals surface area contributed by atoms with E-state index in [-0.39, 0.29) is 24.3 Å². The van der Waals surface area contributed by atoms with Crippen LogP contribution in [0.4, 0.5) is 5.88 Å². The molecule has 1 aromatic heterocycles. The van der Waals surface area contributed by atoms with Crippen molar-refractivity contribution in [3.05, 3.63) is 30.5 Å². The molecule has 1 aliphatic rings. The number of furan rings is 1. The Morgan fingerprint density at radius 2 is 2.17 bits per heavy atom. The summed E-state index contributed by atoms with van der Waals surface area (Å²) in [7, 11) is 0. The van der Waals surface area contributed by atoms with Crippen molar-refractivity contribution in [3.8, 4) is 0 Å². The van der Waals surface area contributed by atoms with Gasteiger partial charge in [0.25, 0.3) is 0 Å². The molecule has 0 atom stereocenters. The number of carbonyl (C=O) groups is 3. The first-order valence-electron chi connectivity index (χ1n) is 7.82. The maximum atomic E-state index is 12.2. The summed E-state index contributed by atoms with van der Waals surface area (Å²) < 4.78 is 5.65. The second-order valence-electron chi connectivity index (χ2n) is 5.39. The van der Waals surface area contributed by atoms with Crippen LogP contribution in [0.2, 0.25) is 0 Å². The Hall–Kier alpha value is -2.61. The van der Waals surface area contributed by atoms with Crippen molar-refractivity contribution in [2.24, 2.45) is 5.73 Å². The lowest BCUT2D eigenvalue weighted by Gasteiger charge is -2.32. The van der Waals surface area contributed by atoms with E-state index in [9.17, 15) is 14.4 Å². The van der Waals surface area contributed by atoms with Gasteiger partial charge in [0.2, 0.25) is 23.6 Å². The molecular formula is C16H22N4O4. The first-order valence-corrected chi connectivity index (χ1v) is 7.82. The molecule has 8 nitrogen and oxygen atoms in total. The summed E-state index contributed by atoms with van der Waals surface area (Å²) in [5.41, 5.74) is 5.32. The lowest BCUT2D eigenvalue weighted by Crippen LogP contribution is -2.52. The zero-order valence-corrected chi connectivity index (χ0v) is 13.5. The van der Waals surface area contributed by atoms with Gasteiger partial charge in [-0.2, -0.15) is 0 Å². The highest BCUT2D eigenvalue weighted by molar-refractivity contribution is 5.98. The van der Waals surface area contributed by atoms with Gasteiger partial charge in [0.05, 0.1) is 0 Å². The molecule has 1 saturated heterocycles. The molecular weight excluding hydrogens is 312 g/mol. The third-order valence-electron chi connectivity index (χ3n) is 3.69. The Morgan fingerprint density at radius 3 is 2.83 bits per heavy atom. The number of nitrogens with two attached hydrogens (primary N) is 1. The van der Waals surface area contributed by atoms with Crippen LogP contribution in [0.1, 0.15) is 12.2 Å². The van der Waals surface area contributed by atoms with Crippen molar-refractivity contribution in [3.63, 3.8) is 0 Å². The predicted octanol–water partition coefficient (Wildman–Crippen LogP) is -0.352. The molecule has 8 heteroatoms. The van der Waals surface area contributed by atoms with Crippen LogP contribution in [0.3, 0.4) is 0 Å². The van der Waals surface area contributed by atoms with Gasteiger partial charge in [-0.25, -0.2) is 0 Å². The van der Waals surface area contributed by atoms with E-state index in [0.717, 1.165) is 0 Å². The first kappa shape index (κ1) is 17.7. The standard InChI is InChI=1S/C16H22N4O4/c1-2-14(22)19-9-10-20(15(23)11-19)16-6-4-12(24-16)3-5-13(21)18-8-7-17/h2,4,6H,1,3,5,7-11,17H2,(H,18,21). The van der Waals surface area contributed by atoms with Crippen LogP contribution in [-0.4, -0.2) is 55.3 Å². The molecule has 2 rings (SSSR count). The molecule has 0 bridgehead atoms. The molecule has 1 fully saturated rings. The molecule has 0 spiro atoms. The Morgan fingerprint density at radius 1 is 1.38 bits per heavy atom. The molecule has 130 valence electrons. The lowest BCUT2D eigenvalue weighted by molar-refractivity contribution is -0.133. The van der Waals surface area contributed by atoms with Crippen LogP contribution in [0, 0.1) is 0 Å². The first-order chi connectivity index (χ1) is 11.5. The molecule has 0 aliphatic carbocycles. The molecule has 0 aromatic carbocycles. The van der Waals surface area contributed by atoms with E-state index in [0.29, 0.717) is 50.7 Å². The van der Waals surface area contributed by atoms with E-state index in [2.05, 4.69) is 11.9 Å². The Labute approximate surface area is 140 Å². The largest absolute Gasteiger partial charge is 0.445 e. The zero-order valence-electron chi connectivity index (χ0n) is 13.5. The molecule has 3 N–H and O–H groups in total. The Kier molecular flexibility index (Phi) is 6.14. The minimum Gasteiger partial charge on any atom is -0.445 e. The van der Waals surface area contributed by atoms with Crippen molar-refractivity contribution in [1.29, 1.82) is 0 Å². The van der Waals surface area contributed by atoms with Gasteiger partial charge in [-0.05, 0) is 12.1 Å². The number of hydrogen-bond donors (Lipinski definition) is 2. The predicted molar refractivity (Wildman–Crippen MR) is 88.2 cm³/mol. The van der Waals surface area contributed by atoms with E-state index in [1.807, 2.05) is 0 Å². The van der Waals surface area contributed by atoms with Gasteiger partial charge in [-0.15, -0.1) is 0 Å². The number of rotatable bonds is 7. The number of anilines is 1. The number of aryl methyl sites for hydroxylation is 1. The van der Waals surface area contributed by atoms with Crippen LogP contribution < -0.4 is 16.0 Å². The van der Waals surface area contributed by atoms with E-state index < -0.39 is 0 Å². The quantitative estimate of drug-likeness (QED) is 0.663. The molecule has 1 aromatic rings. The van der Waals surface area contributed by atoms with Crippen molar-refractivity contribution in [2.75, 3.05) is 37.6 Å². The van der Waals surface area contributed by atoms with E-state index >= 15 is 0 Å². The topological polar surface area (TPSA) is 109 Å². The fourth-order valence-corrected chi connectivity index (χ4v) is 2.41. The van der Waals surface area contributed by atoms with Crippen LogP contribution in [0.15, 0.2) is 29.2 Å². The number of nitrogens with one attached hydrogen (secondary N) is 1. The van der Waals surface area contributed by atoms with E-state index in [1.165, 1.54) is 15.9 Å². The summed E-state index contributed by atoms with van der Waals surface area (Å²) in [6.07, 6.45) is 1.94. The van der Waals surface area contributed by atoms with E-state index in [4.69, 9.17) is 10.2 Å². The molecule has 3 amide bonds. The highest BCUT2D eigenvalue weighted by atomic mass is 16.4. The number of nitrogens with zero attached hydrogens (tertiary/aromatic N) is 2. The number of hydrogen-bond acceptors (Lipinski definition) is 5. The second-order valence-corrected chi connectivity index (χ2v) is 5.39. The van der Waals surface area contributed by atoms with Gasteiger partial charge < -0.3 is 20.4 Å². The third kappa shape index (κ3) is 4.45. The third-order valence-corrected chi connectivity index (χ3v) is 3.69. The minimum absolute atomic E-state index is 0.00236. The van der Waals surface area contributed by atoms with Crippen molar-refractivity contribution >= 4 is 23.6 Å². The average molecular weight is 334 g/mol. The molecule has 0 unspecified atom stereocenters. The summed E-state index contributed by atoms with van der Waals surface area (Å²) in [5, 5.41) is 2.69. The molecule has 1 aliphatic heterocycles. The second kappa shape index (κ2) is 8.30. The van der Waals surface area contributed by atoms with Crippen molar-refractivity contribution < 1.29 is 18.8 Å². The molecule has 0 radical (unpaired) electrons. The van der Waals surface area contributed by atoms with Crippen LogP contribution in [0.25, 0.3) is 0 Å². The maximum Gasteiger partial charge on any atom is 0.248 e. The summed E-state index contributed by atoms with van der Waals surface area (Å²) in [4.78, 5) is 38.2. The lowest BCUT2D eigenvalue weighted by atomic mass is 10.2. The highest BCUT2D eigenvalue weighted by Gasteiger charge is 2.28. The summed E-state index contributed by atoms with van der Waals surface area (Å²) in [6, 6.07) is 3.45. The Bertz CT molecular complexity index is 625. The van der Waals surface area contributed by atoms with Gasteiger partial charge in [-0.3, -0.25) is 19.3 Å². The molecule has 24 heavy (non-hydrogen) atoms. The normalized spacial score (nSPS) is 14.6. The van der Waals surface area contributed by atoms with Crippen LogP contribution in [0.5, 0.6) is 0 Å². The van der Waals surface area contributed by atoms with Gasteiger partial charge in [0.15, 0.2) is 0 Å². The minimum atomic E-state index is -0.258. The van der Waals surface area contributed by atoms with Crippen molar-refractivity contribution in [2.45, 2.75) is 12.8 Å². The molecule has 0 saturated carbocycles.